The maximum absolute atomic E-state index is 13.5. The van der Waals surface area contributed by atoms with Crippen LogP contribution >= 0.6 is 0 Å². The molecule has 186 valence electrons. The first-order valence-electron chi connectivity index (χ1n) is 12.0. The molecule has 0 radical (unpaired) electrons. The van der Waals surface area contributed by atoms with Gasteiger partial charge in [-0.15, -0.1) is 0 Å². The molecule has 0 saturated carbocycles. The van der Waals surface area contributed by atoms with E-state index in [1.54, 1.807) is 12.0 Å². The minimum Gasteiger partial charge on any atom is -0.468 e. The number of carbonyl (C=O) groups excluding carboxylic acids is 3. The van der Waals surface area contributed by atoms with E-state index in [-0.39, 0.29) is 18.4 Å². The lowest BCUT2D eigenvalue weighted by atomic mass is 9.84. The van der Waals surface area contributed by atoms with Gasteiger partial charge in [-0.2, -0.15) is 0 Å². The smallest absolute Gasteiger partial charge is 0.328 e. The van der Waals surface area contributed by atoms with E-state index in [0.717, 1.165) is 11.4 Å². The fraction of sp³-hybridized carbons (Fsp3) is 0.444. The molecule has 2 aromatic carbocycles. The molecule has 1 spiro atoms. The number of hydrogen-bond donors (Lipinski definition) is 0. The highest BCUT2D eigenvalue weighted by atomic mass is 16.5. The molecule has 2 heterocycles. The predicted octanol–water partition coefficient (Wildman–Crippen LogP) is 2.74. The summed E-state index contributed by atoms with van der Waals surface area (Å²) in [5.41, 5.74) is 1.55. The number of carbonyl (C=O) groups is 3. The van der Waals surface area contributed by atoms with Gasteiger partial charge in [0.1, 0.15) is 12.1 Å². The number of ether oxygens (including phenoxy) is 2. The second kappa shape index (κ2) is 11.0. The van der Waals surface area contributed by atoms with Gasteiger partial charge in [-0.25, -0.2) is 4.79 Å². The number of esters is 1. The summed E-state index contributed by atoms with van der Waals surface area (Å²) in [6.07, 6.45) is 1.02. The zero-order valence-corrected chi connectivity index (χ0v) is 20.4. The average molecular weight is 480 g/mol. The van der Waals surface area contributed by atoms with Crippen molar-refractivity contribution in [3.63, 3.8) is 0 Å². The van der Waals surface area contributed by atoms with Crippen LogP contribution in [0.25, 0.3) is 0 Å². The lowest BCUT2D eigenvalue weighted by Gasteiger charge is -2.43. The summed E-state index contributed by atoms with van der Waals surface area (Å²) in [6.45, 7) is 2.41. The Morgan fingerprint density at radius 2 is 1.51 bits per heavy atom. The van der Waals surface area contributed by atoms with E-state index in [1.807, 2.05) is 12.1 Å². The summed E-state index contributed by atoms with van der Waals surface area (Å²) >= 11 is 0. The Labute approximate surface area is 206 Å². The summed E-state index contributed by atoms with van der Waals surface area (Å²) < 4.78 is 9.91. The number of methoxy groups -OCH3 is 2. The van der Waals surface area contributed by atoms with Gasteiger partial charge >= 0.3 is 12.0 Å². The number of piperidine rings is 1. The Morgan fingerprint density at radius 3 is 2.03 bits per heavy atom. The van der Waals surface area contributed by atoms with Crippen LogP contribution < -0.4 is 0 Å². The van der Waals surface area contributed by atoms with Gasteiger partial charge in [0, 0.05) is 39.2 Å². The molecule has 8 nitrogen and oxygen atoms in total. The second-order valence-electron chi connectivity index (χ2n) is 9.10. The number of imide groups is 1. The van der Waals surface area contributed by atoms with E-state index in [1.165, 1.54) is 18.2 Å². The van der Waals surface area contributed by atoms with E-state index in [0.29, 0.717) is 39.1 Å². The van der Waals surface area contributed by atoms with Crippen LogP contribution in [0.5, 0.6) is 0 Å². The normalized spacial score (nSPS) is 18.0. The first kappa shape index (κ1) is 24.9. The molecular weight excluding hydrogens is 446 g/mol. The van der Waals surface area contributed by atoms with Gasteiger partial charge in [0.05, 0.1) is 13.7 Å². The molecule has 8 heteroatoms. The highest BCUT2D eigenvalue weighted by molar-refractivity contribution is 6.08. The lowest BCUT2D eigenvalue weighted by Crippen LogP contribution is -2.57. The highest BCUT2D eigenvalue weighted by Crippen LogP contribution is 2.38. The van der Waals surface area contributed by atoms with Gasteiger partial charge in [0.2, 0.25) is 0 Å². The molecule has 0 unspecified atom stereocenters. The molecule has 0 atom stereocenters. The molecule has 2 aliphatic heterocycles. The van der Waals surface area contributed by atoms with Crippen molar-refractivity contribution in [3.8, 4) is 0 Å². The van der Waals surface area contributed by atoms with E-state index < -0.39 is 17.5 Å². The molecule has 0 N–H and O–H groups in total. The minimum absolute atomic E-state index is 0.202. The zero-order valence-electron chi connectivity index (χ0n) is 20.4. The first-order chi connectivity index (χ1) is 17.0. The van der Waals surface area contributed by atoms with Crippen LogP contribution in [0.15, 0.2) is 60.7 Å². The number of amides is 3. The largest absolute Gasteiger partial charge is 0.468 e. The Balaban J connectivity index is 1.52. The van der Waals surface area contributed by atoms with Crippen molar-refractivity contribution < 1.29 is 23.9 Å². The first-order valence-corrected chi connectivity index (χ1v) is 12.0. The van der Waals surface area contributed by atoms with Gasteiger partial charge < -0.3 is 19.3 Å². The molecule has 2 fully saturated rings. The van der Waals surface area contributed by atoms with Crippen LogP contribution in [-0.2, 0) is 19.1 Å². The maximum atomic E-state index is 13.5. The number of nitrogens with zero attached hydrogens (tertiary/aromatic N) is 3. The van der Waals surface area contributed by atoms with Gasteiger partial charge in [-0.3, -0.25) is 14.5 Å². The molecule has 2 aliphatic rings. The Kier molecular flexibility index (Phi) is 7.83. The minimum atomic E-state index is -0.949. The van der Waals surface area contributed by atoms with Crippen LogP contribution in [-0.4, -0.2) is 91.7 Å². The van der Waals surface area contributed by atoms with Crippen LogP contribution in [0.2, 0.25) is 0 Å². The van der Waals surface area contributed by atoms with Crippen molar-refractivity contribution in [3.05, 3.63) is 71.8 Å². The van der Waals surface area contributed by atoms with Crippen molar-refractivity contribution in [1.82, 2.24) is 14.7 Å². The van der Waals surface area contributed by atoms with Crippen molar-refractivity contribution in [2.75, 3.05) is 53.6 Å². The summed E-state index contributed by atoms with van der Waals surface area (Å²) in [6, 6.07) is 20.4. The van der Waals surface area contributed by atoms with Crippen LogP contribution in [0.4, 0.5) is 4.79 Å². The van der Waals surface area contributed by atoms with E-state index in [2.05, 4.69) is 53.4 Å². The molecule has 3 amide bonds. The van der Waals surface area contributed by atoms with Crippen molar-refractivity contribution in [2.24, 2.45) is 0 Å². The predicted molar refractivity (Wildman–Crippen MR) is 131 cm³/mol. The Morgan fingerprint density at radius 1 is 0.943 bits per heavy atom. The number of benzene rings is 2. The van der Waals surface area contributed by atoms with E-state index in [9.17, 15) is 14.4 Å². The summed E-state index contributed by atoms with van der Waals surface area (Å²) in [7, 11) is 2.82. The molecule has 35 heavy (non-hydrogen) atoms. The standard InChI is InChI=1S/C27H33N3O5/c1-34-18-17-30-26(33)29(20-24(31)35-2)25(32)27(30)13-15-28(16-14-27)19-23(21-9-5-3-6-10-21)22-11-7-4-8-12-22/h3-12,23H,13-20H2,1-2H3. The third-order valence-electron chi connectivity index (χ3n) is 7.18. The third kappa shape index (κ3) is 5.09. The maximum Gasteiger partial charge on any atom is 0.328 e. The van der Waals surface area contributed by atoms with Crippen LogP contribution in [0.1, 0.15) is 29.9 Å². The number of likely N-dealkylation sites (tertiary alicyclic amines) is 1. The monoisotopic (exact) mass is 479 g/mol. The van der Waals surface area contributed by atoms with Gasteiger partial charge in [0.15, 0.2) is 0 Å². The van der Waals surface area contributed by atoms with Crippen LogP contribution in [0, 0.1) is 0 Å². The Bertz CT molecular complexity index is 982. The lowest BCUT2D eigenvalue weighted by molar-refractivity contribution is -0.146. The molecule has 0 aromatic heterocycles. The zero-order chi connectivity index (χ0) is 24.8. The molecule has 4 rings (SSSR count). The topological polar surface area (TPSA) is 79.4 Å². The molecule has 2 aromatic rings. The van der Waals surface area contributed by atoms with Gasteiger partial charge in [-0.1, -0.05) is 60.7 Å². The summed E-state index contributed by atoms with van der Waals surface area (Å²) in [5.74, 6) is -0.722. The fourth-order valence-corrected chi connectivity index (χ4v) is 5.23. The Hall–Kier alpha value is -3.23. The van der Waals surface area contributed by atoms with Crippen molar-refractivity contribution in [2.45, 2.75) is 24.3 Å². The summed E-state index contributed by atoms with van der Waals surface area (Å²) in [4.78, 5) is 43.5. The van der Waals surface area contributed by atoms with Crippen molar-refractivity contribution in [1.29, 1.82) is 0 Å². The molecule has 0 aliphatic carbocycles. The number of rotatable bonds is 9. The van der Waals surface area contributed by atoms with E-state index >= 15 is 0 Å². The molecular formula is C27H33N3O5. The van der Waals surface area contributed by atoms with Gasteiger partial charge in [0.25, 0.3) is 5.91 Å². The number of hydrogen-bond acceptors (Lipinski definition) is 6. The van der Waals surface area contributed by atoms with Crippen molar-refractivity contribution >= 4 is 17.9 Å². The van der Waals surface area contributed by atoms with Gasteiger partial charge in [-0.05, 0) is 24.0 Å². The van der Waals surface area contributed by atoms with E-state index in [4.69, 9.17) is 9.47 Å². The third-order valence-corrected chi connectivity index (χ3v) is 7.18. The SMILES string of the molecule is COCCN1C(=O)N(CC(=O)OC)C(=O)C12CCN(CC(c1ccccc1)c1ccccc1)CC2. The molecule has 2 saturated heterocycles. The second-order valence-corrected chi connectivity index (χ2v) is 9.10. The quantitative estimate of drug-likeness (QED) is 0.407. The highest BCUT2D eigenvalue weighted by Gasteiger charge is 2.58. The summed E-state index contributed by atoms with van der Waals surface area (Å²) in [5, 5.41) is 0. The van der Waals surface area contributed by atoms with Crippen LogP contribution in [0.3, 0.4) is 0 Å². The number of urea groups is 1. The fourth-order valence-electron chi connectivity index (χ4n) is 5.23. The average Bonchev–Trinajstić information content (AvgIpc) is 3.08. The molecule has 0 bridgehead atoms.